The van der Waals surface area contributed by atoms with Crippen molar-refractivity contribution in [1.82, 2.24) is 4.90 Å². The minimum absolute atomic E-state index is 0.00595. The normalized spacial score (nSPS) is 18.2. The molecule has 98 valence electrons. The fourth-order valence-electron chi connectivity index (χ4n) is 3.02. The Labute approximate surface area is 111 Å². The summed E-state index contributed by atoms with van der Waals surface area (Å²) in [6.07, 6.45) is 1.82. The second-order valence-electron chi connectivity index (χ2n) is 5.08. The van der Waals surface area contributed by atoms with Crippen LogP contribution in [0.2, 0.25) is 0 Å². The van der Waals surface area contributed by atoms with Gasteiger partial charge in [0.15, 0.2) is 5.78 Å². The Kier molecular flexibility index (Phi) is 2.66. The summed E-state index contributed by atoms with van der Waals surface area (Å²) in [6.45, 7) is 2.17. The molecule has 1 heterocycles. The first-order valence-electron chi connectivity index (χ1n) is 6.52. The molecule has 2 aliphatic rings. The number of nitrogen functional groups attached to an aromatic ring is 1. The van der Waals surface area contributed by atoms with E-state index in [1.165, 1.54) is 0 Å². The van der Waals surface area contributed by atoms with Crippen LogP contribution in [0.25, 0.3) is 5.57 Å². The number of hydrogen-bond acceptors (Lipinski definition) is 3. The average Bonchev–Trinajstić information content (AvgIpc) is 2.67. The molecule has 0 saturated heterocycles. The topological polar surface area (TPSA) is 63.4 Å². The van der Waals surface area contributed by atoms with E-state index in [0.717, 1.165) is 16.8 Å². The number of nitrogens with zero attached hydrogens (tertiary/aromatic N) is 1. The SMILES string of the molecule is CC(=O)N1CCCC(=O)C2=C1Cc1cccc(N)c12. The van der Waals surface area contributed by atoms with Crippen molar-refractivity contribution in [2.45, 2.75) is 26.2 Å². The molecule has 0 spiro atoms. The standard InChI is InChI=1S/C15H16N2O2/c1-9(18)17-7-3-6-13(19)15-12(17)8-10-4-2-5-11(16)14(10)15/h2,4-5H,3,6-8,16H2,1H3. The Morgan fingerprint density at radius 3 is 2.89 bits per heavy atom. The number of carbonyl (C=O) groups excluding carboxylic acids is 2. The van der Waals surface area contributed by atoms with Crippen LogP contribution in [-0.4, -0.2) is 23.1 Å². The fourth-order valence-corrected chi connectivity index (χ4v) is 3.02. The average molecular weight is 256 g/mol. The van der Waals surface area contributed by atoms with Gasteiger partial charge in [0.25, 0.3) is 0 Å². The molecule has 0 saturated carbocycles. The maximum absolute atomic E-state index is 12.3. The van der Waals surface area contributed by atoms with E-state index in [0.29, 0.717) is 37.1 Å². The van der Waals surface area contributed by atoms with Gasteiger partial charge in [-0.15, -0.1) is 0 Å². The molecule has 19 heavy (non-hydrogen) atoms. The van der Waals surface area contributed by atoms with E-state index in [1.807, 2.05) is 18.2 Å². The number of amides is 1. The lowest BCUT2D eigenvalue weighted by molar-refractivity contribution is -0.127. The predicted octanol–water partition coefficient (Wildman–Crippen LogP) is 1.75. The van der Waals surface area contributed by atoms with Crippen molar-refractivity contribution >= 4 is 23.0 Å². The summed E-state index contributed by atoms with van der Waals surface area (Å²) in [5.74, 6) is 0.101. The van der Waals surface area contributed by atoms with Crippen LogP contribution in [0.4, 0.5) is 5.69 Å². The highest BCUT2D eigenvalue weighted by molar-refractivity contribution is 6.25. The van der Waals surface area contributed by atoms with E-state index in [4.69, 9.17) is 5.73 Å². The third-order valence-electron chi connectivity index (χ3n) is 3.85. The summed E-state index contributed by atoms with van der Waals surface area (Å²) >= 11 is 0. The van der Waals surface area contributed by atoms with Gasteiger partial charge in [0.1, 0.15) is 0 Å². The van der Waals surface area contributed by atoms with Gasteiger partial charge in [-0.2, -0.15) is 0 Å². The molecule has 1 aromatic rings. The number of rotatable bonds is 0. The first-order chi connectivity index (χ1) is 9.09. The van der Waals surface area contributed by atoms with E-state index in [1.54, 1.807) is 11.8 Å². The van der Waals surface area contributed by atoms with Crippen LogP contribution in [0.3, 0.4) is 0 Å². The summed E-state index contributed by atoms with van der Waals surface area (Å²) < 4.78 is 0. The van der Waals surface area contributed by atoms with E-state index >= 15 is 0 Å². The molecule has 0 atom stereocenters. The molecule has 1 aliphatic heterocycles. The first-order valence-corrected chi connectivity index (χ1v) is 6.52. The number of anilines is 1. The van der Waals surface area contributed by atoms with Crippen molar-refractivity contribution in [3.8, 4) is 0 Å². The number of ketones is 1. The molecule has 1 aromatic carbocycles. The molecule has 0 fully saturated rings. The third-order valence-corrected chi connectivity index (χ3v) is 3.85. The molecular formula is C15H16N2O2. The van der Waals surface area contributed by atoms with Gasteiger partial charge >= 0.3 is 0 Å². The highest BCUT2D eigenvalue weighted by atomic mass is 16.2. The van der Waals surface area contributed by atoms with Crippen LogP contribution >= 0.6 is 0 Å². The van der Waals surface area contributed by atoms with Crippen LogP contribution in [0.1, 0.15) is 30.9 Å². The number of carbonyl (C=O) groups is 2. The molecule has 1 aliphatic carbocycles. The van der Waals surface area contributed by atoms with Gasteiger partial charge in [-0.25, -0.2) is 0 Å². The van der Waals surface area contributed by atoms with E-state index in [2.05, 4.69) is 0 Å². The molecule has 0 unspecified atom stereocenters. The highest BCUT2D eigenvalue weighted by Gasteiger charge is 2.34. The number of Topliss-reactive ketones (excluding diaryl/α,β-unsaturated/α-hetero) is 1. The van der Waals surface area contributed by atoms with Gasteiger partial charge in [-0.1, -0.05) is 12.1 Å². The molecule has 0 bridgehead atoms. The van der Waals surface area contributed by atoms with Gasteiger partial charge in [0, 0.05) is 48.8 Å². The van der Waals surface area contributed by atoms with Crippen LogP contribution in [0, 0.1) is 0 Å². The second kappa shape index (κ2) is 4.23. The van der Waals surface area contributed by atoms with Crippen LogP contribution < -0.4 is 5.73 Å². The van der Waals surface area contributed by atoms with Gasteiger partial charge < -0.3 is 10.6 Å². The fraction of sp³-hybridized carbons (Fsp3) is 0.333. The number of hydrogen-bond donors (Lipinski definition) is 1. The maximum atomic E-state index is 12.3. The van der Waals surface area contributed by atoms with Crippen molar-refractivity contribution in [1.29, 1.82) is 0 Å². The summed E-state index contributed by atoms with van der Waals surface area (Å²) in [5.41, 5.74) is 10.0. The van der Waals surface area contributed by atoms with E-state index < -0.39 is 0 Å². The Morgan fingerprint density at radius 1 is 1.37 bits per heavy atom. The lowest BCUT2D eigenvalue weighted by atomic mass is 9.98. The zero-order chi connectivity index (χ0) is 13.6. The Bertz CT molecular complexity index is 617. The van der Waals surface area contributed by atoms with Gasteiger partial charge in [-0.05, 0) is 18.1 Å². The molecule has 4 nitrogen and oxygen atoms in total. The lowest BCUT2D eigenvalue weighted by Crippen LogP contribution is -2.28. The van der Waals surface area contributed by atoms with E-state index in [-0.39, 0.29) is 11.7 Å². The summed E-state index contributed by atoms with van der Waals surface area (Å²) in [4.78, 5) is 25.8. The summed E-state index contributed by atoms with van der Waals surface area (Å²) in [7, 11) is 0. The first kappa shape index (κ1) is 12.0. The van der Waals surface area contributed by atoms with Crippen LogP contribution in [0.15, 0.2) is 23.9 Å². The Hall–Kier alpha value is -2.10. The number of nitrogens with two attached hydrogens (primary N) is 1. The maximum Gasteiger partial charge on any atom is 0.223 e. The lowest BCUT2D eigenvalue weighted by Gasteiger charge is -2.21. The quantitative estimate of drug-likeness (QED) is 0.719. The number of allylic oxidation sites excluding steroid dienone is 2. The van der Waals surface area contributed by atoms with Gasteiger partial charge in [0.05, 0.1) is 0 Å². The zero-order valence-corrected chi connectivity index (χ0v) is 10.9. The van der Waals surface area contributed by atoms with Gasteiger partial charge in [-0.3, -0.25) is 9.59 Å². The third kappa shape index (κ3) is 1.75. The molecule has 2 N–H and O–H groups in total. The zero-order valence-electron chi connectivity index (χ0n) is 10.9. The summed E-state index contributed by atoms with van der Waals surface area (Å²) in [6, 6.07) is 5.68. The summed E-state index contributed by atoms with van der Waals surface area (Å²) in [5, 5.41) is 0. The van der Waals surface area contributed by atoms with Crippen molar-refractivity contribution < 1.29 is 9.59 Å². The minimum atomic E-state index is -0.00595. The molecule has 0 radical (unpaired) electrons. The van der Waals surface area contributed by atoms with Crippen LogP contribution in [0.5, 0.6) is 0 Å². The largest absolute Gasteiger partial charge is 0.398 e. The molecular weight excluding hydrogens is 240 g/mol. The number of benzene rings is 1. The Morgan fingerprint density at radius 2 is 2.16 bits per heavy atom. The highest BCUT2D eigenvalue weighted by Crippen LogP contribution is 2.40. The second-order valence-corrected chi connectivity index (χ2v) is 5.08. The Balaban J connectivity index is 2.20. The molecule has 0 aromatic heterocycles. The van der Waals surface area contributed by atoms with Crippen molar-refractivity contribution in [2.75, 3.05) is 12.3 Å². The van der Waals surface area contributed by atoms with E-state index in [9.17, 15) is 9.59 Å². The van der Waals surface area contributed by atoms with Gasteiger partial charge in [0.2, 0.25) is 5.91 Å². The monoisotopic (exact) mass is 256 g/mol. The molecule has 4 heteroatoms. The van der Waals surface area contributed by atoms with Crippen molar-refractivity contribution in [2.24, 2.45) is 0 Å². The smallest absolute Gasteiger partial charge is 0.223 e. The van der Waals surface area contributed by atoms with Crippen molar-refractivity contribution in [3.63, 3.8) is 0 Å². The van der Waals surface area contributed by atoms with Crippen LogP contribution in [-0.2, 0) is 16.0 Å². The van der Waals surface area contributed by atoms with Crippen molar-refractivity contribution in [3.05, 3.63) is 35.0 Å². The molecule has 1 amide bonds. The number of fused-ring (bicyclic) bond motifs is 2. The molecule has 3 rings (SSSR count). The minimum Gasteiger partial charge on any atom is -0.398 e. The predicted molar refractivity (Wildman–Crippen MR) is 73.1 cm³/mol.